The Bertz CT molecular complexity index is 411. The van der Waals surface area contributed by atoms with E-state index in [4.69, 9.17) is 0 Å². The van der Waals surface area contributed by atoms with E-state index in [-0.39, 0.29) is 11.8 Å². The van der Waals surface area contributed by atoms with Crippen LogP contribution in [0.15, 0.2) is 12.3 Å². The van der Waals surface area contributed by atoms with E-state index in [0.29, 0.717) is 6.54 Å². The smallest absolute Gasteiger partial charge is 0.148 e. The van der Waals surface area contributed by atoms with Gasteiger partial charge in [0, 0.05) is 32.1 Å². The van der Waals surface area contributed by atoms with Gasteiger partial charge in [0.1, 0.15) is 9.84 Å². The van der Waals surface area contributed by atoms with Crippen molar-refractivity contribution >= 4 is 9.84 Å². The highest BCUT2D eigenvalue weighted by molar-refractivity contribution is 7.90. The van der Waals surface area contributed by atoms with Gasteiger partial charge < -0.3 is 5.32 Å². The lowest BCUT2D eigenvalue weighted by molar-refractivity contribution is 0.541. The zero-order valence-corrected chi connectivity index (χ0v) is 10.1. The molecule has 1 atom stereocenters. The van der Waals surface area contributed by atoms with Crippen LogP contribution in [0.3, 0.4) is 0 Å². The lowest BCUT2D eigenvalue weighted by Gasteiger charge is -2.13. The van der Waals surface area contributed by atoms with E-state index in [1.807, 2.05) is 20.0 Å². The van der Waals surface area contributed by atoms with Gasteiger partial charge in [-0.05, 0) is 13.0 Å². The summed E-state index contributed by atoms with van der Waals surface area (Å²) in [6.07, 6.45) is 2.97. The highest BCUT2D eigenvalue weighted by Crippen LogP contribution is 2.09. The maximum absolute atomic E-state index is 10.9. The molecule has 1 unspecified atom stereocenters. The van der Waals surface area contributed by atoms with Crippen LogP contribution in [0.1, 0.15) is 18.7 Å². The topological polar surface area (TPSA) is 64.0 Å². The van der Waals surface area contributed by atoms with Crippen LogP contribution in [0.2, 0.25) is 0 Å². The molecule has 0 aliphatic heterocycles. The molecular formula is C9H17N3O2S. The quantitative estimate of drug-likeness (QED) is 0.781. The second kappa shape index (κ2) is 4.76. The zero-order valence-electron chi connectivity index (χ0n) is 9.27. The minimum absolute atomic E-state index is 0.110. The number of sulfone groups is 1. The molecule has 0 spiro atoms. The Morgan fingerprint density at radius 1 is 1.60 bits per heavy atom. The van der Waals surface area contributed by atoms with Gasteiger partial charge in [-0.3, -0.25) is 4.68 Å². The lowest BCUT2D eigenvalue weighted by Crippen LogP contribution is -2.26. The molecule has 0 aliphatic carbocycles. The predicted molar refractivity (Wildman–Crippen MR) is 59.3 cm³/mol. The van der Waals surface area contributed by atoms with Crippen molar-refractivity contribution in [2.75, 3.05) is 18.6 Å². The number of rotatable bonds is 5. The van der Waals surface area contributed by atoms with Crippen molar-refractivity contribution in [3.05, 3.63) is 18.0 Å². The van der Waals surface area contributed by atoms with Crippen LogP contribution in [0.25, 0.3) is 0 Å². The van der Waals surface area contributed by atoms with Crippen LogP contribution in [0.4, 0.5) is 0 Å². The SMILES string of the molecule is CC(NCCS(C)(=O)=O)c1ccnn1C. The first-order chi connectivity index (χ1) is 6.90. The molecule has 1 aromatic heterocycles. The van der Waals surface area contributed by atoms with Crippen molar-refractivity contribution in [3.63, 3.8) is 0 Å². The standard InChI is InChI=1S/C9H17N3O2S/c1-8(9-4-5-11-12(9)2)10-6-7-15(3,13)14/h4-5,8,10H,6-7H2,1-3H3. The second-order valence-electron chi connectivity index (χ2n) is 3.69. The molecule has 1 heterocycles. The molecule has 0 amide bonds. The highest BCUT2D eigenvalue weighted by Gasteiger charge is 2.09. The number of nitrogens with zero attached hydrogens (tertiary/aromatic N) is 2. The maximum Gasteiger partial charge on any atom is 0.148 e. The molecule has 6 heteroatoms. The van der Waals surface area contributed by atoms with Gasteiger partial charge in [0.2, 0.25) is 0 Å². The average molecular weight is 231 g/mol. The third-order valence-corrected chi connectivity index (χ3v) is 3.17. The fourth-order valence-corrected chi connectivity index (χ4v) is 1.86. The van der Waals surface area contributed by atoms with E-state index >= 15 is 0 Å². The summed E-state index contributed by atoms with van der Waals surface area (Å²) in [5.41, 5.74) is 1.04. The maximum atomic E-state index is 10.9. The Balaban J connectivity index is 2.44. The van der Waals surface area contributed by atoms with Crippen molar-refractivity contribution in [2.24, 2.45) is 7.05 Å². The Labute approximate surface area is 90.4 Å². The third-order valence-electron chi connectivity index (χ3n) is 2.23. The molecule has 0 aliphatic rings. The molecule has 0 bridgehead atoms. The van der Waals surface area contributed by atoms with Gasteiger partial charge in [0.15, 0.2) is 0 Å². The minimum Gasteiger partial charge on any atom is -0.308 e. The number of aryl methyl sites for hydroxylation is 1. The average Bonchev–Trinajstić information content (AvgIpc) is 2.48. The summed E-state index contributed by atoms with van der Waals surface area (Å²) in [5, 5.41) is 7.20. The lowest BCUT2D eigenvalue weighted by atomic mass is 10.2. The number of hydrogen-bond acceptors (Lipinski definition) is 4. The summed E-state index contributed by atoms with van der Waals surface area (Å²) in [5.74, 6) is 0.162. The summed E-state index contributed by atoms with van der Waals surface area (Å²) in [6, 6.07) is 2.03. The van der Waals surface area contributed by atoms with E-state index < -0.39 is 9.84 Å². The molecule has 15 heavy (non-hydrogen) atoms. The van der Waals surface area contributed by atoms with Crippen LogP contribution < -0.4 is 5.32 Å². The van der Waals surface area contributed by atoms with E-state index in [1.54, 1.807) is 10.9 Å². The fraction of sp³-hybridized carbons (Fsp3) is 0.667. The molecule has 86 valence electrons. The van der Waals surface area contributed by atoms with Gasteiger partial charge in [-0.1, -0.05) is 0 Å². The van der Waals surface area contributed by atoms with Gasteiger partial charge in [0.05, 0.1) is 11.4 Å². The second-order valence-corrected chi connectivity index (χ2v) is 5.95. The summed E-state index contributed by atoms with van der Waals surface area (Å²) >= 11 is 0. The molecule has 1 rings (SSSR count). The Morgan fingerprint density at radius 2 is 2.27 bits per heavy atom. The van der Waals surface area contributed by atoms with Gasteiger partial charge in [-0.25, -0.2) is 8.42 Å². The molecule has 0 saturated heterocycles. The normalized spacial score (nSPS) is 14.1. The first-order valence-corrected chi connectivity index (χ1v) is 6.85. The van der Waals surface area contributed by atoms with Crippen molar-refractivity contribution in [3.8, 4) is 0 Å². The van der Waals surface area contributed by atoms with Crippen LogP contribution in [0.5, 0.6) is 0 Å². The van der Waals surface area contributed by atoms with Crippen molar-refractivity contribution < 1.29 is 8.42 Å². The van der Waals surface area contributed by atoms with Gasteiger partial charge >= 0.3 is 0 Å². The van der Waals surface area contributed by atoms with Crippen LogP contribution in [-0.4, -0.2) is 36.8 Å². The number of hydrogen-bond donors (Lipinski definition) is 1. The van der Waals surface area contributed by atoms with Crippen LogP contribution in [0, 0.1) is 0 Å². The molecule has 0 aromatic carbocycles. The zero-order chi connectivity index (χ0) is 11.5. The van der Waals surface area contributed by atoms with E-state index in [9.17, 15) is 8.42 Å². The van der Waals surface area contributed by atoms with Crippen LogP contribution >= 0.6 is 0 Å². The third kappa shape index (κ3) is 4.01. The summed E-state index contributed by atoms with van der Waals surface area (Å²) < 4.78 is 23.6. The Kier molecular flexibility index (Phi) is 3.87. The molecule has 0 saturated carbocycles. The summed E-state index contributed by atoms with van der Waals surface area (Å²) in [7, 11) is -1.02. The highest BCUT2D eigenvalue weighted by atomic mass is 32.2. The first-order valence-electron chi connectivity index (χ1n) is 4.79. The molecule has 1 N–H and O–H groups in total. The number of nitrogens with one attached hydrogen (secondary N) is 1. The van der Waals surface area contributed by atoms with Crippen molar-refractivity contribution in [1.29, 1.82) is 0 Å². The molecule has 0 radical (unpaired) electrons. The monoisotopic (exact) mass is 231 g/mol. The largest absolute Gasteiger partial charge is 0.308 e. The minimum atomic E-state index is -2.88. The molecular weight excluding hydrogens is 214 g/mol. The first kappa shape index (κ1) is 12.2. The summed E-state index contributed by atoms with van der Waals surface area (Å²) in [4.78, 5) is 0. The van der Waals surface area contributed by atoms with Crippen molar-refractivity contribution in [2.45, 2.75) is 13.0 Å². The van der Waals surface area contributed by atoms with Gasteiger partial charge in [-0.15, -0.1) is 0 Å². The molecule has 1 aromatic rings. The van der Waals surface area contributed by atoms with Crippen molar-refractivity contribution in [1.82, 2.24) is 15.1 Å². The fourth-order valence-electron chi connectivity index (χ4n) is 1.37. The van der Waals surface area contributed by atoms with E-state index in [0.717, 1.165) is 5.69 Å². The Hall–Kier alpha value is -0.880. The molecule has 5 nitrogen and oxygen atoms in total. The van der Waals surface area contributed by atoms with Gasteiger partial charge in [0.25, 0.3) is 0 Å². The Morgan fingerprint density at radius 3 is 2.73 bits per heavy atom. The summed E-state index contributed by atoms with van der Waals surface area (Å²) in [6.45, 7) is 2.45. The van der Waals surface area contributed by atoms with Crippen LogP contribution in [-0.2, 0) is 16.9 Å². The van der Waals surface area contributed by atoms with E-state index in [1.165, 1.54) is 6.26 Å². The number of aromatic nitrogens is 2. The van der Waals surface area contributed by atoms with Gasteiger partial charge in [-0.2, -0.15) is 5.10 Å². The predicted octanol–water partition coefficient (Wildman–Crippen LogP) is 0.115. The van der Waals surface area contributed by atoms with E-state index in [2.05, 4.69) is 10.4 Å². The molecule has 0 fully saturated rings.